The zero-order chi connectivity index (χ0) is 18.8. The Kier molecular flexibility index (Phi) is 4.77. The smallest absolute Gasteiger partial charge is 0.362 e. The number of esters is 1. The summed E-state index contributed by atoms with van der Waals surface area (Å²) >= 11 is 10.6. The first-order chi connectivity index (χ1) is 12.5. The van der Waals surface area contributed by atoms with E-state index in [0.29, 0.717) is 11.4 Å². The van der Waals surface area contributed by atoms with E-state index in [9.17, 15) is 9.59 Å². The number of hydrogen-bond donors (Lipinski definition) is 3. The van der Waals surface area contributed by atoms with Crippen molar-refractivity contribution < 1.29 is 14.3 Å². The molecule has 0 saturated carbocycles. The summed E-state index contributed by atoms with van der Waals surface area (Å²) in [6, 6.07) is 6.98. The van der Waals surface area contributed by atoms with Gasteiger partial charge in [-0.2, -0.15) is 5.10 Å². The van der Waals surface area contributed by atoms with Crippen molar-refractivity contribution in [2.24, 2.45) is 5.73 Å². The molecule has 2 heterocycles. The summed E-state index contributed by atoms with van der Waals surface area (Å²) in [5.41, 5.74) is 6.23. The number of nitrogens with one attached hydrogen (secondary N) is 2. The van der Waals surface area contributed by atoms with Gasteiger partial charge in [0.2, 0.25) is 5.69 Å². The number of ether oxygens (including phenoxy) is 1. The minimum Gasteiger partial charge on any atom is -0.461 e. The van der Waals surface area contributed by atoms with Gasteiger partial charge in [-0.3, -0.25) is 4.79 Å². The van der Waals surface area contributed by atoms with Crippen LogP contribution >= 0.6 is 24.4 Å². The van der Waals surface area contributed by atoms with Crippen LogP contribution in [0.1, 0.15) is 27.9 Å². The van der Waals surface area contributed by atoms with Gasteiger partial charge in [-0.25, -0.2) is 24.6 Å². The summed E-state index contributed by atoms with van der Waals surface area (Å²) < 4.78 is 8.00. The van der Waals surface area contributed by atoms with Crippen LogP contribution in [0.3, 0.4) is 0 Å². The number of carbonyl (C=O) groups excluding carboxylic acids is 2. The number of primary amides is 1. The highest BCUT2D eigenvalue weighted by molar-refractivity contribution is 7.71. The molecule has 0 saturated heterocycles. The highest BCUT2D eigenvalue weighted by atomic mass is 32.1. The summed E-state index contributed by atoms with van der Waals surface area (Å²) in [5, 5.41) is 13.1. The highest BCUT2D eigenvalue weighted by Gasteiger charge is 2.19. The Balaban J connectivity index is 2.16. The van der Waals surface area contributed by atoms with Crippen LogP contribution in [0, 0.1) is 9.28 Å². The third-order valence-corrected chi connectivity index (χ3v) is 4.15. The lowest BCUT2D eigenvalue weighted by Gasteiger charge is -2.09. The minimum absolute atomic E-state index is 0.0114. The van der Waals surface area contributed by atoms with E-state index in [1.807, 2.05) is 0 Å². The first kappa shape index (κ1) is 17.7. The van der Waals surface area contributed by atoms with Gasteiger partial charge in [0.15, 0.2) is 15.0 Å². The van der Waals surface area contributed by atoms with Crippen LogP contribution < -0.4 is 5.73 Å². The fraction of sp³-hybridized carbons (Fsp3) is 0.143. The average molecular weight is 391 g/mol. The maximum absolute atomic E-state index is 11.9. The van der Waals surface area contributed by atoms with Gasteiger partial charge in [0.05, 0.1) is 18.0 Å². The summed E-state index contributed by atoms with van der Waals surface area (Å²) in [4.78, 5) is 23.3. The standard InChI is InChI=1S/C14H13N7O3S2/c1-2-24-14(23)10-13(26)21(19-17-10)8-6-4-3-5-7(8)20-12(25)9(11(15)22)16-18-20/h3-6,18-19H,2H2,1H3,(H2,15,22). The molecule has 134 valence electrons. The van der Waals surface area contributed by atoms with Crippen molar-refractivity contribution >= 4 is 36.3 Å². The lowest BCUT2D eigenvalue weighted by atomic mass is 10.2. The number of hydrogen-bond acceptors (Lipinski definition) is 7. The quantitative estimate of drug-likeness (QED) is 0.442. The van der Waals surface area contributed by atoms with E-state index in [2.05, 4.69) is 20.6 Å². The van der Waals surface area contributed by atoms with Crippen molar-refractivity contribution in [2.75, 3.05) is 6.61 Å². The van der Waals surface area contributed by atoms with Gasteiger partial charge in [0, 0.05) is 0 Å². The van der Waals surface area contributed by atoms with Gasteiger partial charge in [0.25, 0.3) is 5.91 Å². The third-order valence-electron chi connectivity index (χ3n) is 3.40. The molecule has 0 aliphatic heterocycles. The average Bonchev–Trinajstić information content (AvgIpc) is 3.18. The van der Waals surface area contributed by atoms with E-state index in [4.69, 9.17) is 34.9 Å². The van der Waals surface area contributed by atoms with Crippen LogP contribution in [0.4, 0.5) is 0 Å². The molecule has 12 heteroatoms. The maximum atomic E-state index is 11.9. The zero-order valence-corrected chi connectivity index (χ0v) is 15.1. The van der Waals surface area contributed by atoms with E-state index in [-0.39, 0.29) is 27.3 Å². The van der Waals surface area contributed by atoms with Gasteiger partial charge >= 0.3 is 5.97 Å². The largest absolute Gasteiger partial charge is 0.461 e. The molecule has 0 spiro atoms. The first-order valence-corrected chi connectivity index (χ1v) is 8.18. The van der Waals surface area contributed by atoms with Gasteiger partial charge < -0.3 is 10.5 Å². The molecule has 0 aliphatic rings. The van der Waals surface area contributed by atoms with Crippen LogP contribution in [0.15, 0.2) is 24.3 Å². The SMILES string of the molecule is CCOC(=O)c1n[nH]n(-c2ccccc2-n2[nH]nc(C(N)=O)c2=S)c1=S. The maximum Gasteiger partial charge on any atom is 0.362 e. The molecule has 0 atom stereocenters. The van der Waals surface area contributed by atoms with Crippen LogP contribution in [-0.4, -0.2) is 48.5 Å². The molecule has 1 amide bonds. The first-order valence-electron chi connectivity index (χ1n) is 7.37. The molecule has 0 radical (unpaired) electrons. The van der Waals surface area contributed by atoms with Crippen molar-refractivity contribution in [3.63, 3.8) is 0 Å². The Labute approximate surface area is 156 Å². The fourth-order valence-corrected chi connectivity index (χ4v) is 2.81. The molecular weight excluding hydrogens is 378 g/mol. The third kappa shape index (κ3) is 2.95. The Morgan fingerprint density at radius 3 is 2.04 bits per heavy atom. The van der Waals surface area contributed by atoms with Gasteiger partial charge in [0.1, 0.15) is 0 Å². The summed E-state index contributed by atoms with van der Waals surface area (Å²) in [5.74, 6) is -1.37. The van der Waals surface area contributed by atoms with E-state index >= 15 is 0 Å². The van der Waals surface area contributed by atoms with Crippen LogP contribution in [-0.2, 0) is 4.74 Å². The summed E-state index contributed by atoms with van der Waals surface area (Å²) in [6.45, 7) is 1.89. The van der Waals surface area contributed by atoms with Crippen LogP contribution in [0.25, 0.3) is 11.4 Å². The molecule has 0 fully saturated rings. The lowest BCUT2D eigenvalue weighted by molar-refractivity contribution is 0.0518. The summed E-state index contributed by atoms with van der Waals surface area (Å²) in [6.07, 6.45) is 0. The predicted octanol–water partition coefficient (Wildman–Crippen LogP) is 1.45. The Hall–Kier alpha value is -3.12. The topological polar surface area (TPSA) is 137 Å². The van der Waals surface area contributed by atoms with Gasteiger partial charge in [-0.15, -0.1) is 5.10 Å². The van der Waals surface area contributed by atoms with Crippen molar-refractivity contribution in [3.05, 3.63) is 44.9 Å². The van der Waals surface area contributed by atoms with E-state index in [1.54, 1.807) is 31.2 Å². The highest BCUT2D eigenvalue weighted by Crippen LogP contribution is 2.20. The molecule has 0 aliphatic carbocycles. The number of benzene rings is 1. The van der Waals surface area contributed by atoms with Crippen molar-refractivity contribution in [3.8, 4) is 11.4 Å². The van der Waals surface area contributed by atoms with Crippen molar-refractivity contribution in [1.82, 2.24) is 30.0 Å². The number of H-pyrrole nitrogens is 2. The van der Waals surface area contributed by atoms with Crippen LogP contribution in [0.2, 0.25) is 0 Å². The van der Waals surface area contributed by atoms with Gasteiger partial charge in [-0.05, 0) is 19.1 Å². The Morgan fingerprint density at radius 2 is 1.58 bits per heavy atom. The number of amides is 1. The van der Waals surface area contributed by atoms with E-state index in [1.165, 1.54) is 9.36 Å². The number of carbonyl (C=O) groups is 2. The number of nitrogens with two attached hydrogens (primary N) is 1. The molecular formula is C14H13N7O3S2. The lowest BCUT2D eigenvalue weighted by Crippen LogP contribution is -2.12. The molecule has 10 nitrogen and oxygen atoms in total. The Bertz CT molecular complexity index is 1110. The minimum atomic E-state index is -0.745. The normalized spacial score (nSPS) is 10.7. The number of rotatable bonds is 5. The summed E-state index contributed by atoms with van der Waals surface area (Å²) in [7, 11) is 0. The number of para-hydroxylation sites is 2. The molecule has 0 unspecified atom stereocenters. The van der Waals surface area contributed by atoms with E-state index in [0.717, 1.165) is 0 Å². The Morgan fingerprint density at radius 1 is 1.08 bits per heavy atom. The number of nitrogens with zero attached hydrogens (tertiary/aromatic N) is 4. The second kappa shape index (κ2) is 7.01. The second-order valence-corrected chi connectivity index (χ2v) is 5.75. The number of aromatic amines is 2. The molecule has 1 aromatic carbocycles. The number of aromatic nitrogens is 6. The molecule has 26 heavy (non-hydrogen) atoms. The molecule has 2 aromatic heterocycles. The van der Waals surface area contributed by atoms with Crippen molar-refractivity contribution in [1.29, 1.82) is 0 Å². The monoisotopic (exact) mass is 391 g/mol. The van der Waals surface area contributed by atoms with Crippen LogP contribution in [0.5, 0.6) is 0 Å². The molecule has 0 bridgehead atoms. The van der Waals surface area contributed by atoms with Gasteiger partial charge in [-0.1, -0.05) is 36.6 Å². The fourth-order valence-electron chi connectivity index (χ4n) is 2.26. The van der Waals surface area contributed by atoms with Crippen molar-refractivity contribution in [2.45, 2.75) is 6.92 Å². The zero-order valence-electron chi connectivity index (χ0n) is 13.4. The predicted molar refractivity (Wildman–Crippen MR) is 95.5 cm³/mol. The second-order valence-electron chi connectivity index (χ2n) is 4.98. The van der Waals surface area contributed by atoms with E-state index < -0.39 is 11.9 Å². The molecule has 4 N–H and O–H groups in total. The molecule has 3 rings (SSSR count). The molecule has 3 aromatic rings.